The predicted octanol–water partition coefficient (Wildman–Crippen LogP) is 1.83. The molecule has 0 unspecified atom stereocenters. The Morgan fingerprint density at radius 1 is 1.12 bits per heavy atom. The molecule has 0 amide bonds. The Morgan fingerprint density at radius 3 is 2.50 bits per heavy atom. The van der Waals surface area contributed by atoms with Gasteiger partial charge in [0, 0.05) is 31.3 Å². The molecule has 4 heteroatoms. The smallest absolute Gasteiger partial charge is 0.222 e. The van der Waals surface area contributed by atoms with Gasteiger partial charge in [-0.15, -0.1) is 0 Å². The van der Waals surface area contributed by atoms with Gasteiger partial charge in [-0.3, -0.25) is 4.98 Å². The van der Waals surface area contributed by atoms with Gasteiger partial charge in [-0.2, -0.15) is 0 Å². The maximum atomic E-state index is 4.17. The second-order valence-electron chi connectivity index (χ2n) is 3.62. The van der Waals surface area contributed by atoms with Crippen molar-refractivity contribution in [3.05, 3.63) is 48.0 Å². The fourth-order valence-electron chi connectivity index (χ4n) is 1.35. The molecule has 2 heterocycles. The third-order valence-corrected chi connectivity index (χ3v) is 2.23. The van der Waals surface area contributed by atoms with Crippen molar-refractivity contribution in [3.63, 3.8) is 0 Å². The molecule has 0 spiro atoms. The Labute approximate surface area is 94.8 Å². The largest absolute Gasteiger partial charge is 0.354 e. The molecular weight excluding hydrogens is 200 g/mol. The molecule has 0 aromatic carbocycles. The molecule has 0 fully saturated rings. The highest BCUT2D eigenvalue weighted by atomic mass is 15.1. The van der Waals surface area contributed by atoms with Crippen molar-refractivity contribution in [2.45, 2.75) is 13.3 Å². The lowest BCUT2D eigenvalue weighted by molar-refractivity contribution is 0.975. The van der Waals surface area contributed by atoms with Gasteiger partial charge in [0.2, 0.25) is 5.95 Å². The van der Waals surface area contributed by atoms with Gasteiger partial charge < -0.3 is 5.32 Å². The number of pyridine rings is 1. The molecule has 16 heavy (non-hydrogen) atoms. The molecule has 0 aliphatic carbocycles. The summed E-state index contributed by atoms with van der Waals surface area (Å²) in [5, 5.41) is 3.18. The third kappa shape index (κ3) is 3.02. The molecule has 2 rings (SSSR count). The first-order chi connectivity index (χ1) is 7.84. The molecule has 1 N–H and O–H groups in total. The second-order valence-corrected chi connectivity index (χ2v) is 3.62. The van der Waals surface area contributed by atoms with Gasteiger partial charge in [0.15, 0.2) is 0 Å². The minimum atomic E-state index is 0.680. The van der Waals surface area contributed by atoms with E-state index < -0.39 is 0 Å². The Hall–Kier alpha value is -1.97. The molecule has 82 valence electrons. The molecule has 0 saturated heterocycles. The molecule has 0 saturated carbocycles. The number of aromatic nitrogens is 3. The number of nitrogens with zero attached hydrogens (tertiary/aromatic N) is 3. The highest BCUT2D eigenvalue weighted by Gasteiger charge is 1.95. The summed E-state index contributed by atoms with van der Waals surface area (Å²) in [6.45, 7) is 2.80. The zero-order valence-corrected chi connectivity index (χ0v) is 9.22. The van der Waals surface area contributed by atoms with Gasteiger partial charge in [0.05, 0.1) is 0 Å². The summed E-state index contributed by atoms with van der Waals surface area (Å²) in [4.78, 5) is 12.3. The summed E-state index contributed by atoms with van der Waals surface area (Å²) in [5.74, 6) is 0.680. The quantitative estimate of drug-likeness (QED) is 0.843. The highest BCUT2D eigenvalue weighted by molar-refractivity contribution is 5.25. The monoisotopic (exact) mass is 214 g/mol. The Bertz CT molecular complexity index is 425. The van der Waals surface area contributed by atoms with Crippen molar-refractivity contribution >= 4 is 5.95 Å². The zero-order valence-electron chi connectivity index (χ0n) is 9.22. The van der Waals surface area contributed by atoms with Crippen LogP contribution in [0.1, 0.15) is 11.1 Å². The van der Waals surface area contributed by atoms with Crippen LogP contribution in [0.4, 0.5) is 5.95 Å². The van der Waals surface area contributed by atoms with Crippen LogP contribution in [-0.4, -0.2) is 21.5 Å². The summed E-state index contributed by atoms with van der Waals surface area (Å²) in [6.07, 6.45) is 8.17. The lowest BCUT2D eigenvalue weighted by Gasteiger charge is -2.04. The normalized spacial score (nSPS) is 10.1. The third-order valence-electron chi connectivity index (χ3n) is 2.23. The zero-order chi connectivity index (χ0) is 11.2. The summed E-state index contributed by atoms with van der Waals surface area (Å²) >= 11 is 0. The van der Waals surface area contributed by atoms with Crippen molar-refractivity contribution in [3.8, 4) is 0 Å². The van der Waals surface area contributed by atoms with Crippen molar-refractivity contribution in [2.75, 3.05) is 11.9 Å². The fraction of sp³-hybridized carbons (Fsp3) is 0.250. The van der Waals surface area contributed by atoms with E-state index in [1.165, 1.54) is 5.56 Å². The highest BCUT2D eigenvalue weighted by Crippen LogP contribution is 2.00. The topological polar surface area (TPSA) is 50.7 Å². The van der Waals surface area contributed by atoms with Crippen molar-refractivity contribution in [2.24, 2.45) is 0 Å². The van der Waals surface area contributed by atoms with Gasteiger partial charge in [0.1, 0.15) is 0 Å². The van der Waals surface area contributed by atoms with Crippen LogP contribution in [0, 0.1) is 6.92 Å². The van der Waals surface area contributed by atoms with E-state index in [4.69, 9.17) is 0 Å². The maximum Gasteiger partial charge on any atom is 0.222 e. The first-order valence-electron chi connectivity index (χ1n) is 5.26. The fourth-order valence-corrected chi connectivity index (χ4v) is 1.35. The predicted molar refractivity (Wildman–Crippen MR) is 63.2 cm³/mol. The molecule has 0 aliphatic heterocycles. The first-order valence-corrected chi connectivity index (χ1v) is 5.26. The second kappa shape index (κ2) is 5.21. The van der Waals surface area contributed by atoms with E-state index in [0.717, 1.165) is 18.5 Å². The summed E-state index contributed by atoms with van der Waals surface area (Å²) in [7, 11) is 0. The summed E-state index contributed by atoms with van der Waals surface area (Å²) in [5.41, 5.74) is 2.33. The number of hydrogen-bond donors (Lipinski definition) is 1. The number of hydrogen-bond acceptors (Lipinski definition) is 4. The first kappa shape index (κ1) is 10.5. The SMILES string of the molecule is Cc1cnc(NCCc2ccncc2)nc1. The molecule has 0 radical (unpaired) electrons. The average Bonchev–Trinajstić information content (AvgIpc) is 2.33. The molecule has 4 nitrogen and oxygen atoms in total. The van der Waals surface area contributed by atoms with Gasteiger partial charge in [0.25, 0.3) is 0 Å². The van der Waals surface area contributed by atoms with Crippen LogP contribution in [0.15, 0.2) is 36.9 Å². The van der Waals surface area contributed by atoms with E-state index in [0.29, 0.717) is 5.95 Å². The van der Waals surface area contributed by atoms with Gasteiger partial charge >= 0.3 is 0 Å². The van der Waals surface area contributed by atoms with Crippen molar-refractivity contribution in [1.82, 2.24) is 15.0 Å². The van der Waals surface area contributed by atoms with Crippen LogP contribution < -0.4 is 5.32 Å². The number of anilines is 1. The van der Waals surface area contributed by atoms with Crippen LogP contribution in [0.3, 0.4) is 0 Å². The molecule has 0 aliphatic rings. The Balaban J connectivity index is 1.82. The minimum absolute atomic E-state index is 0.680. The lowest BCUT2D eigenvalue weighted by atomic mass is 10.2. The molecular formula is C12H14N4. The van der Waals surface area contributed by atoms with Crippen molar-refractivity contribution < 1.29 is 0 Å². The number of aryl methyl sites for hydroxylation is 1. The lowest BCUT2D eigenvalue weighted by Crippen LogP contribution is -2.07. The molecule has 2 aromatic heterocycles. The molecule has 2 aromatic rings. The number of nitrogens with one attached hydrogen (secondary N) is 1. The summed E-state index contributed by atoms with van der Waals surface area (Å²) < 4.78 is 0. The standard InChI is InChI=1S/C12H14N4/c1-10-8-15-12(16-9-10)14-7-4-11-2-5-13-6-3-11/h2-3,5-6,8-9H,4,7H2,1H3,(H,14,15,16). The van der Waals surface area contributed by atoms with Gasteiger partial charge in [-0.25, -0.2) is 9.97 Å². The Morgan fingerprint density at radius 2 is 1.81 bits per heavy atom. The van der Waals surface area contributed by atoms with Crippen LogP contribution in [0.25, 0.3) is 0 Å². The van der Waals surface area contributed by atoms with E-state index in [2.05, 4.69) is 20.3 Å². The Kier molecular flexibility index (Phi) is 3.43. The maximum absolute atomic E-state index is 4.17. The minimum Gasteiger partial charge on any atom is -0.354 e. The number of rotatable bonds is 4. The van der Waals surface area contributed by atoms with Gasteiger partial charge in [-0.05, 0) is 36.6 Å². The summed E-state index contributed by atoms with van der Waals surface area (Å²) in [6, 6.07) is 4.02. The van der Waals surface area contributed by atoms with Crippen LogP contribution in [0.2, 0.25) is 0 Å². The van der Waals surface area contributed by atoms with E-state index in [1.807, 2.05) is 31.5 Å². The average molecular weight is 214 g/mol. The van der Waals surface area contributed by atoms with Crippen molar-refractivity contribution in [1.29, 1.82) is 0 Å². The molecule has 0 atom stereocenters. The van der Waals surface area contributed by atoms with Crippen LogP contribution in [-0.2, 0) is 6.42 Å². The molecule has 0 bridgehead atoms. The van der Waals surface area contributed by atoms with E-state index in [1.54, 1.807) is 12.4 Å². The van der Waals surface area contributed by atoms with E-state index in [-0.39, 0.29) is 0 Å². The van der Waals surface area contributed by atoms with Crippen LogP contribution in [0.5, 0.6) is 0 Å². The van der Waals surface area contributed by atoms with E-state index >= 15 is 0 Å². The van der Waals surface area contributed by atoms with E-state index in [9.17, 15) is 0 Å². The van der Waals surface area contributed by atoms with Crippen LogP contribution >= 0.6 is 0 Å². The van der Waals surface area contributed by atoms with Gasteiger partial charge in [-0.1, -0.05) is 0 Å².